The Labute approximate surface area is 123 Å². The Hall–Kier alpha value is -1.37. The van der Waals surface area contributed by atoms with Gasteiger partial charge < -0.3 is 15.1 Å². The van der Waals surface area contributed by atoms with E-state index < -0.39 is 0 Å². The number of carbonyl (C=O) groups excluding carboxylic acids is 1. The maximum absolute atomic E-state index is 11.8. The van der Waals surface area contributed by atoms with Gasteiger partial charge in [0.1, 0.15) is 5.01 Å². The van der Waals surface area contributed by atoms with Gasteiger partial charge in [-0.25, -0.2) is 4.79 Å². The van der Waals surface area contributed by atoms with E-state index in [4.69, 9.17) is 0 Å². The van der Waals surface area contributed by atoms with Crippen molar-refractivity contribution < 1.29 is 4.79 Å². The lowest BCUT2D eigenvalue weighted by Crippen LogP contribution is -2.49. The molecule has 0 aromatic carbocycles. The molecule has 0 spiro atoms. The van der Waals surface area contributed by atoms with E-state index in [-0.39, 0.29) is 6.03 Å². The number of anilines is 1. The van der Waals surface area contributed by atoms with Crippen LogP contribution in [-0.4, -0.2) is 53.3 Å². The highest BCUT2D eigenvalue weighted by molar-refractivity contribution is 7.15. The molecule has 1 atom stereocenters. The summed E-state index contributed by atoms with van der Waals surface area (Å²) in [7, 11) is 0. The first-order valence-electron chi connectivity index (χ1n) is 7.39. The molecule has 6 nitrogen and oxygen atoms in total. The number of hydrogen-bond donors (Lipinski definition) is 1. The molecule has 7 heteroatoms. The molecule has 1 aromatic heterocycles. The van der Waals surface area contributed by atoms with Crippen LogP contribution in [0.15, 0.2) is 0 Å². The van der Waals surface area contributed by atoms with Crippen molar-refractivity contribution in [2.24, 2.45) is 0 Å². The van der Waals surface area contributed by atoms with E-state index in [1.807, 2.05) is 4.90 Å². The van der Waals surface area contributed by atoms with Gasteiger partial charge in [0.05, 0.1) is 6.04 Å². The number of urea groups is 1. The second-order valence-corrected chi connectivity index (χ2v) is 6.44. The van der Waals surface area contributed by atoms with Gasteiger partial charge in [-0.1, -0.05) is 18.3 Å². The molecular formula is C13H21N5OS. The molecule has 2 aliphatic rings. The predicted molar refractivity (Wildman–Crippen MR) is 79.2 cm³/mol. The van der Waals surface area contributed by atoms with Gasteiger partial charge in [-0.3, -0.25) is 0 Å². The molecule has 3 heterocycles. The Bertz CT molecular complexity index is 477. The van der Waals surface area contributed by atoms with Crippen molar-refractivity contribution in [3.8, 4) is 0 Å². The lowest BCUT2D eigenvalue weighted by atomic mass is 10.1. The van der Waals surface area contributed by atoms with Gasteiger partial charge in [0.15, 0.2) is 0 Å². The van der Waals surface area contributed by atoms with Crippen molar-refractivity contribution in [3.05, 3.63) is 5.01 Å². The molecule has 0 aliphatic carbocycles. The minimum absolute atomic E-state index is 0.0841. The van der Waals surface area contributed by atoms with Gasteiger partial charge in [0.2, 0.25) is 5.13 Å². The predicted octanol–water partition coefficient (Wildman–Crippen LogP) is 1.48. The quantitative estimate of drug-likeness (QED) is 0.914. The van der Waals surface area contributed by atoms with Crippen molar-refractivity contribution in [1.29, 1.82) is 0 Å². The molecule has 1 N–H and O–H groups in total. The van der Waals surface area contributed by atoms with E-state index in [2.05, 4.69) is 27.3 Å². The first kappa shape index (κ1) is 13.6. The summed E-state index contributed by atoms with van der Waals surface area (Å²) in [5.74, 6) is 0. The van der Waals surface area contributed by atoms with Crippen LogP contribution in [-0.2, 0) is 6.42 Å². The fourth-order valence-corrected chi connectivity index (χ4v) is 3.88. The Morgan fingerprint density at radius 1 is 1.40 bits per heavy atom. The summed E-state index contributed by atoms with van der Waals surface area (Å²) >= 11 is 1.69. The van der Waals surface area contributed by atoms with E-state index in [1.165, 1.54) is 0 Å². The molecule has 0 saturated carbocycles. The lowest BCUT2D eigenvalue weighted by Gasteiger charge is -2.36. The zero-order chi connectivity index (χ0) is 13.9. The van der Waals surface area contributed by atoms with Gasteiger partial charge >= 0.3 is 6.03 Å². The standard InChI is InChI=1S/C13H21N5OS/c1-2-4-11-15-16-13(20-11)17-7-3-5-10(9-17)18-8-6-14-12(18)19/h10H,2-9H2,1H3,(H,14,19)/t10-/m1/s1. The lowest BCUT2D eigenvalue weighted by molar-refractivity contribution is 0.189. The molecule has 2 aliphatic heterocycles. The van der Waals surface area contributed by atoms with E-state index in [1.54, 1.807) is 11.3 Å². The highest BCUT2D eigenvalue weighted by Crippen LogP contribution is 2.26. The highest BCUT2D eigenvalue weighted by atomic mass is 32.1. The zero-order valence-corrected chi connectivity index (χ0v) is 12.7. The van der Waals surface area contributed by atoms with E-state index in [9.17, 15) is 4.79 Å². The number of hydrogen-bond acceptors (Lipinski definition) is 5. The summed E-state index contributed by atoms with van der Waals surface area (Å²) in [5.41, 5.74) is 0. The van der Waals surface area contributed by atoms with Crippen LogP contribution in [0.5, 0.6) is 0 Å². The monoisotopic (exact) mass is 295 g/mol. The maximum atomic E-state index is 11.8. The van der Waals surface area contributed by atoms with Gasteiger partial charge in [-0.05, 0) is 19.3 Å². The van der Waals surface area contributed by atoms with Gasteiger partial charge in [0.25, 0.3) is 0 Å². The first-order chi connectivity index (χ1) is 9.78. The molecule has 0 bridgehead atoms. The van der Waals surface area contributed by atoms with E-state index >= 15 is 0 Å². The number of nitrogens with one attached hydrogen (secondary N) is 1. The van der Waals surface area contributed by atoms with Crippen LogP contribution >= 0.6 is 11.3 Å². The third kappa shape index (κ3) is 2.72. The summed E-state index contributed by atoms with van der Waals surface area (Å²) < 4.78 is 0. The van der Waals surface area contributed by atoms with Crippen molar-refractivity contribution in [2.75, 3.05) is 31.1 Å². The minimum atomic E-state index is 0.0841. The molecule has 2 fully saturated rings. The average molecular weight is 295 g/mol. The van der Waals surface area contributed by atoms with Crippen LogP contribution in [0.4, 0.5) is 9.93 Å². The number of nitrogens with zero attached hydrogens (tertiary/aromatic N) is 4. The first-order valence-corrected chi connectivity index (χ1v) is 8.21. The second-order valence-electron chi connectivity index (χ2n) is 5.40. The highest BCUT2D eigenvalue weighted by Gasteiger charge is 2.32. The molecule has 110 valence electrons. The van der Waals surface area contributed by atoms with Crippen LogP contribution in [0.25, 0.3) is 0 Å². The number of carbonyl (C=O) groups is 1. The third-order valence-electron chi connectivity index (χ3n) is 3.92. The summed E-state index contributed by atoms with van der Waals surface area (Å²) in [5, 5.41) is 13.6. The second kappa shape index (κ2) is 5.95. The van der Waals surface area contributed by atoms with Gasteiger partial charge in [-0.2, -0.15) is 0 Å². The Morgan fingerprint density at radius 2 is 2.30 bits per heavy atom. The van der Waals surface area contributed by atoms with Crippen molar-refractivity contribution in [2.45, 2.75) is 38.6 Å². The topological polar surface area (TPSA) is 61.4 Å². The number of amides is 2. The minimum Gasteiger partial charge on any atom is -0.345 e. The number of rotatable bonds is 4. The number of aromatic nitrogens is 2. The van der Waals surface area contributed by atoms with Crippen LogP contribution in [0.3, 0.4) is 0 Å². The fourth-order valence-electron chi connectivity index (χ4n) is 2.91. The van der Waals surface area contributed by atoms with Crippen LogP contribution in [0, 0.1) is 0 Å². The number of piperidine rings is 1. The molecule has 0 unspecified atom stereocenters. The summed E-state index contributed by atoms with van der Waals surface area (Å²) in [6.45, 7) is 5.66. The van der Waals surface area contributed by atoms with E-state index in [0.29, 0.717) is 6.04 Å². The Morgan fingerprint density at radius 3 is 3.05 bits per heavy atom. The molecule has 0 radical (unpaired) electrons. The average Bonchev–Trinajstić information content (AvgIpc) is 3.08. The van der Waals surface area contributed by atoms with E-state index in [0.717, 1.165) is 62.0 Å². The normalized spacial score (nSPS) is 23.2. The molecule has 3 rings (SSSR count). The maximum Gasteiger partial charge on any atom is 0.317 e. The third-order valence-corrected chi connectivity index (χ3v) is 4.96. The fraction of sp³-hybridized carbons (Fsp3) is 0.769. The Kier molecular flexibility index (Phi) is 4.05. The van der Waals surface area contributed by atoms with Crippen LogP contribution < -0.4 is 10.2 Å². The Balaban J connectivity index is 1.66. The van der Waals surface area contributed by atoms with Crippen molar-refractivity contribution >= 4 is 22.5 Å². The van der Waals surface area contributed by atoms with Crippen molar-refractivity contribution in [3.63, 3.8) is 0 Å². The SMILES string of the molecule is CCCc1nnc(N2CCC[C@@H](N3CCNC3=O)C2)s1. The van der Waals surface area contributed by atoms with Gasteiger partial charge in [-0.15, -0.1) is 10.2 Å². The zero-order valence-electron chi connectivity index (χ0n) is 11.8. The summed E-state index contributed by atoms with van der Waals surface area (Å²) in [6.07, 6.45) is 4.30. The molecule has 20 heavy (non-hydrogen) atoms. The molecule has 2 amide bonds. The molecule has 1 aromatic rings. The van der Waals surface area contributed by atoms with Gasteiger partial charge in [0, 0.05) is 32.6 Å². The smallest absolute Gasteiger partial charge is 0.317 e. The molecule has 2 saturated heterocycles. The van der Waals surface area contributed by atoms with Crippen LogP contribution in [0.1, 0.15) is 31.2 Å². The number of aryl methyl sites for hydroxylation is 1. The van der Waals surface area contributed by atoms with Crippen LogP contribution in [0.2, 0.25) is 0 Å². The summed E-state index contributed by atoms with van der Waals surface area (Å²) in [4.78, 5) is 16.0. The largest absolute Gasteiger partial charge is 0.345 e. The summed E-state index contributed by atoms with van der Waals surface area (Å²) in [6, 6.07) is 0.394. The molecular weight excluding hydrogens is 274 g/mol. The van der Waals surface area contributed by atoms with Crippen molar-refractivity contribution in [1.82, 2.24) is 20.4 Å².